The summed E-state index contributed by atoms with van der Waals surface area (Å²) in [6.07, 6.45) is 1.57. The summed E-state index contributed by atoms with van der Waals surface area (Å²) in [7, 11) is 0. The van der Waals surface area contributed by atoms with Crippen LogP contribution in [0, 0.1) is 11.3 Å². The zero-order valence-electron chi connectivity index (χ0n) is 9.42. The van der Waals surface area contributed by atoms with Crippen molar-refractivity contribution in [2.75, 3.05) is 0 Å². The highest BCUT2D eigenvalue weighted by Crippen LogP contribution is 2.18. The lowest BCUT2D eigenvalue weighted by atomic mass is 10.2. The lowest BCUT2D eigenvalue weighted by Gasteiger charge is -1.98. The fourth-order valence-electron chi connectivity index (χ4n) is 1.37. The molecular formula is C13H9ClN4. The van der Waals surface area contributed by atoms with Gasteiger partial charge in [-0.15, -0.1) is 5.11 Å². The van der Waals surface area contributed by atoms with Crippen molar-refractivity contribution in [1.29, 1.82) is 5.26 Å². The molecule has 0 radical (unpaired) electrons. The van der Waals surface area contributed by atoms with E-state index >= 15 is 0 Å². The molecule has 0 aliphatic rings. The van der Waals surface area contributed by atoms with Crippen LogP contribution in [-0.2, 0) is 6.54 Å². The number of nitriles is 1. The lowest BCUT2D eigenvalue weighted by Crippen LogP contribution is -1.83. The van der Waals surface area contributed by atoms with E-state index in [1.165, 1.54) is 0 Å². The second-order valence-electron chi connectivity index (χ2n) is 3.48. The van der Waals surface area contributed by atoms with Crippen molar-refractivity contribution in [3.8, 4) is 6.07 Å². The van der Waals surface area contributed by atoms with E-state index in [4.69, 9.17) is 16.9 Å². The Bertz CT molecular complexity index is 616. The van der Waals surface area contributed by atoms with E-state index in [2.05, 4.69) is 15.2 Å². The Kier molecular flexibility index (Phi) is 4.00. The van der Waals surface area contributed by atoms with Crippen molar-refractivity contribution >= 4 is 17.4 Å². The number of pyridine rings is 1. The van der Waals surface area contributed by atoms with Crippen LogP contribution in [0.5, 0.6) is 0 Å². The van der Waals surface area contributed by atoms with E-state index in [9.17, 15) is 0 Å². The number of azo groups is 1. The quantitative estimate of drug-likeness (QED) is 0.782. The molecule has 0 spiro atoms. The lowest BCUT2D eigenvalue weighted by molar-refractivity contribution is 0.945. The normalized spacial score (nSPS) is 10.4. The third-order valence-electron chi connectivity index (χ3n) is 2.27. The van der Waals surface area contributed by atoms with Gasteiger partial charge < -0.3 is 0 Å². The smallest absolute Gasteiger partial charge is 0.191 e. The summed E-state index contributed by atoms with van der Waals surface area (Å²) in [5.74, 6) is 0.326. The molecular weight excluding hydrogens is 248 g/mol. The van der Waals surface area contributed by atoms with Gasteiger partial charge in [-0.05, 0) is 23.8 Å². The minimum atomic E-state index is 0.326. The Morgan fingerprint density at radius 1 is 1.22 bits per heavy atom. The van der Waals surface area contributed by atoms with E-state index in [0.717, 1.165) is 5.56 Å². The monoisotopic (exact) mass is 256 g/mol. The van der Waals surface area contributed by atoms with Crippen LogP contribution in [0.2, 0.25) is 5.02 Å². The van der Waals surface area contributed by atoms with Crippen LogP contribution >= 0.6 is 11.6 Å². The summed E-state index contributed by atoms with van der Waals surface area (Å²) in [5, 5.41) is 17.5. The Hall–Kier alpha value is -2.25. The van der Waals surface area contributed by atoms with Gasteiger partial charge >= 0.3 is 0 Å². The van der Waals surface area contributed by atoms with Crippen LogP contribution in [0.1, 0.15) is 11.1 Å². The van der Waals surface area contributed by atoms with Gasteiger partial charge in [-0.25, -0.2) is 4.98 Å². The molecule has 0 saturated heterocycles. The Balaban J connectivity index is 2.13. The summed E-state index contributed by atoms with van der Waals surface area (Å²) in [6.45, 7) is 0.362. The summed E-state index contributed by atoms with van der Waals surface area (Å²) in [6, 6.07) is 12.8. The summed E-state index contributed by atoms with van der Waals surface area (Å²) in [4.78, 5) is 3.99. The van der Waals surface area contributed by atoms with E-state index in [1.807, 2.05) is 24.3 Å². The third kappa shape index (κ3) is 2.90. The molecule has 1 aromatic carbocycles. The summed E-state index contributed by atoms with van der Waals surface area (Å²) in [5.41, 5.74) is 1.29. The molecule has 88 valence electrons. The number of hydrogen-bond acceptors (Lipinski definition) is 4. The van der Waals surface area contributed by atoms with Gasteiger partial charge in [-0.2, -0.15) is 10.4 Å². The fraction of sp³-hybridized carbons (Fsp3) is 0.0769. The Morgan fingerprint density at radius 3 is 2.83 bits per heavy atom. The second kappa shape index (κ2) is 5.89. The second-order valence-corrected chi connectivity index (χ2v) is 3.88. The highest BCUT2D eigenvalue weighted by atomic mass is 35.5. The molecule has 0 amide bonds. The zero-order chi connectivity index (χ0) is 12.8. The molecule has 0 atom stereocenters. The molecule has 0 bridgehead atoms. The zero-order valence-corrected chi connectivity index (χ0v) is 10.2. The van der Waals surface area contributed by atoms with Gasteiger partial charge in [-0.3, -0.25) is 0 Å². The van der Waals surface area contributed by atoms with Gasteiger partial charge in [0.2, 0.25) is 0 Å². The van der Waals surface area contributed by atoms with Gasteiger partial charge in [-0.1, -0.05) is 29.8 Å². The van der Waals surface area contributed by atoms with E-state index < -0.39 is 0 Å². The first-order valence-electron chi connectivity index (χ1n) is 5.27. The third-order valence-corrected chi connectivity index (χ3v) is 2.64. The standard InChI is InChI=1S/C13H9ClN4/c14-12-6-2-1-4-11(12)9-17-18-13-10(8-15)5-3-7-16-13/h1-7H,9H2. The number of hydrogen-bond donors (Lipinski definition) is 0. The molecule has 0 aliphatic heterocycles. The van der Waals surface area contributed by atoms with Crippen LogP contribution in [0.25, 0.3) is 0 Å². The number of nitrogens with zero attached hydrogens (tertiary/aromatic N) is 4. The molecule has 1 heterocycles. The van der Waals surface area contributed by atoms with Crippen LogP contribution in [0.4, 0.5) is 5.82 Å². The predicted octanol–water partition coefficient (Wildman–Crippen LogP) is 3.89. The molecule has 0 aliphatic carbocycles. The molecule has 0 fully saturated rings. The van der Waals surface area contributed by atoms with Crippen molar-refractivity contribution in [2.45, 2.75) is 6.54 Å². The van der Waals surface area contributed by atoms with Gasteiger partial charge in [0.05, 0.1) is 12.1 Å². The average molecular weight is 257 g/mol. The average Bonchev–Trinajstić information content (AvgIpc) is 2.41. The maximum Gasteiger partial charge on any atom is 0.191 e. The van der Waals surface area contributed by atoms with Crippen LogP contribution < -0.4 is 0 Å². The van der Waals surface area contributed by atoms with E-state index in [0.29, 0.717) is 22.9 Å². The van der Waals surface area contributed by atoms with Gasteiger partial charge in [0.15, 0.2) is 5.82 Å². The number of aromatic nitrogens is 1. The summed E-state index contributed by atoms with van der Waals surface area (Å²) < 4.78 is 0. The molecule has 5 heteroatoms. The minimum Gasteiger partial charge on any atom is -0.234 e. The van der Waals surface area contributed by atoms with Crippen LogP contribution in [0.15, 0.2) is 52.8 Å². The predicted molar refractivity (Wildman–Crippen MR) is 68.6 cm³/mol. The van der Waals surface area contributed by atoms with Crippen molar-refractivity contribution in [3.05, 3.63) is 58.7 Å². The molecule has 2 aromatic rings. The molecule has 4 nitrogen and oxygen atoms in total. The number of rotatable bonds is 3. The first-order valence-corrected chi connectivity index (χ1v) is 5.65. The van der Waals surface area contributed by atoms with Gasteiger partial charge in [0.1, 0.15) is 6.07 Å². The van der Waals surface area contributed by atoms with Crippen molar-refractivity contribution < 1.29 is 0 Å². The first-order chi connectivity index (χ1) is 8.81. The minimum absolute atomic E-state index is 0.326. The first kappa shape index (κ1) is 12.2. The Morgan fingerprint density at radius 2 is 2.06 bits per heavy atom. The highest BCUT2D eigenvalue weighted by Gasteiger charge is 2.00. The van der Waals surface area contributed by atoms with Crippen molar-refractivity contribution in [3.63, 3.8) is 0 Å². The number of halogens is 1. The van der Waals surface area contributed by atoms with E-state index in [1.54, 1.807) is 24.4 Å². The van der Waals surface area contributed by atoms with E-state index in [-0.39, 0.29) is 0 Å². The maximum absolute atomic E-state index is 8.87. The SMILES string of the molecule is N#Cc1cccnc1N=NCc1ccccc1Cl. The molecule has 2 rings (SSSR count). The van der Waals surface area contributed by atoms with Crippen molar-refractivity contribution in [2.24, 2.45) is 10.2 Å². The molecule has 0 N–H and O–H groups in total. The topological polar surface area (TPSA) is 61.4 Å². The molecule has 18 heavy (non-hydrogen) atoms. The molecule has 0 unspecified atom stereocenters. The highest BCUT2D eigenvalue weighted by molar-refractivity contribution is 6.31. The largest absolute Gasteiger partial charge is 0.234 e. The Labute approximate surface area is 110 Å². The van der Waals surface area contributed by atoms with Crippen molar-refractivity contribution in [1.82, 2.24) is 4.98 Å². The fourth-order valence-corrected chi connectivity index (χ4v) is 1.56. The van der Waals surface area contributed by atoms with Crippen LogP contribution in [0.3, 0.4) is 0 Å². The molecule has 1 aromatic heterocycles. The number of benzene rings is 1. The maximum atomic E-state index is 8.87. The van der Waals surface area contributed by atoms with Gasteiger partial charge in [0, 0.05) is 11.2 Å². The van der Waals surface area contributed by atoms with Gasteiger partial charge in [0.25, 0.3) is 0 Å². The molecule has 0 saturated carbocycles. The summed E-state index contributed by atoms with van der Waals surface area (Å²) >= 11 is 5.99. The van der Waals surface area contributed by atoms with Crippen LogP contribution in [-0.4, -0.2) is 4.98 Å².